The van der Waals surface area contributed by atoms with E-state index in [9.17, 15) is 0 Å². The number of thiophene rings is 1. The van der Waals surface area contributed by atoms with Gasteiger partial charge in [0, 0.05) is 11.4 Å². The molecule has 0 amide bonds. The molecule has 0 fully saturated rings. The van der Waals surface area contributed by atoms with Gasteiger partial charge in [-0.05, 0) is 44.1 Å². The smallest absolute Gasteiger partial charge is 0.118 e. The molecule has 0 aliphatic carbocycles. The summed E-state index contributed by atoms with van der Waals surface area (Å²) in [5.41, 5.74) is 0. The van der Waals surface area contributed by atoms with Crippen LogP contribution in [0.1, 0.15) is 16.4 Å². The first-order valence-corrected chi connectivity index (χ1v) is 7.09. The predicted octanol–water partition coefficient (Wildman–Crippen LogP) is 2.74. The molecular formula is C14H20N2OS. The number of nitrogens with zero attached hydrogens (tertiary/aromatic N) is 1. The quantitative estimate of drug-likeness (QED) is 0.833. The van der Waals surface area contributed by atoms with Gasteiger partial charge >= 0.3 is 0 Å². The van der Waals surface area contributed by atoms with E-state index < -0.39 is 0 Å². The van der Waals surface area contributed by atoms with Gasteiger partial charge in [0.1, 0.15) is 11.5 Å². The number of rotatable bonds is 7. The zero-order chi connectivity index (χ0) is 12.8. The Kier molecular flexibility index (Phi) is 4.99. The zero-order valence-electron chi connectivity index (χ0n) is 11.0. The third-order valence-electron chi connectivity index (χ3n) is 2.81. The van der Waals surface area contributed by atoms with Crippen LogP contribution in [0, 0.1) is 0 Å². The van der Waals surface area contributed by atoms with E-state index in [1.54, 1.807) is 0 Å². The molecule has 0 aliphatic heterocycles. The van der Waals surface area contributed by atoms with Gasteiger partial charge in [0.05, 0.1) is 13.1 Å². The fourth-order valence-corrected chi connectivity index (χ4v) is 2.58. The van der Waals surface area contributed by atoms with Gasteiger partial charge in [0.15, 0.2) is 0 Å². The Morgan fingerprint density at radius 3 is 2.83 bits per heavy atom. The van der Waals surface area contributed by atoms with Crippen LogP contribution in [0.15, 0.2) is 34.1 Å². The molecule has 2 aromatic rings. The Balaban J connectivity index is 1.77. The second kappa shape index (κ2) is 6.73. The van der Waals surface area contributed by atoms with Crippen LogP contribution in [-0.4, -0.2) is 25.5 Å². The van der Waals surface area contributed by atoms with Crippen molar-refractivity contribution >= 4 is 11.3 Å². The summed E-state index contributed by atoms with van der Waals surface area (Å²) >= 11 is 1.82. The molecule has 0 atom stereocenters. The lowest BCUT2D eigenvalue weighted by atomic mass is 10.3. The van der Waals surface area contributed by atoms with Gasteiger partial charge in [-0.1, -0.05) is 6.07 Å². The lowest BCUT2D eigenvalue weighted by Crippen LogP contribution is -2.20. The highest BCUT2D eigenvalue weighted by Crippen LogP contribution is 2.12. The molecule has 0 unspecified atom stereocenters. The lowest BCUT2D eigenvalue weighted by molar-refractivity contribution is 0.293. The molecule has 0 bridgehead atoms. The SMILES string of the molecule is CNCc1ccc(CN(C)CCc2cccs2)o1. The average Bonchev–Trinajstić information content (AvgIpc) is 2.99. The van der Waals surface area contributed by atoms with Crippen LogP contribution in [-0.2, 0) is 19.5 Å². The molecule has 2 rings (SSSR count). The van der Waals surface area contributed by atoms with E-state index in [-0.39, 0.29) is 0 Å². The van der Waals surface area contributed by atoms with Crippen molar-refractivity contribution in [3.63, 3.8) is 0 Å². The number of likely N-dealkylation sites (N-methyl/N-ethyl adjacent to an activating group) is 1. The second-order valence-corrected chi connectivity index (χ2v) is 5.50. The fourth-order valence-electron chi connectivity index (χ4n) is 1.88. The Morgan fingerprint density at radius 1 is 1.28 bits per heavy atom. The summed E-state index contributed by atoms with van der Waals surface area (Å²) in [7, 11) is 4.06. The highest BCUT2D eigenvalue weighted by Gasteiger charge is 2.05. The fraction of sp³-hybridized carbons (Fsp3) is 0.429. The van der Waals surface area contributed by atoms with Crippen molar-refractivity contribution in [1.29, 1.82) is 0 Å². The van der Waals surface area contributed by atoms with Crippen LogP contribution in [0.25, 0.3) is 0 Å². The third-order valence-corrected chi connectivity index (χ3v) is 3.75. The second-order valence-electron chi connectivity index (χ2n) is 4.47. The molecule has 0 radical (unpaired) electrons. The Hall–Kier alpha value is -1.10. The number of furan rings is 1. The normalized spacial score (nSPS) is 11.3. The summed E-state index contributed by atoms with van der Waals surface area (Å²) in [6.07, 6.45) is 1.11. The topological polar surface area (TPSA) is 28.4 Å². The monoisotopic (exact) mass is 264 g/mol. The predicted molar refractivity (Wildman–Crippen MR) is 75.8 cm³/mol. The molecule has 4 heteroatoms. The molecule has 3 nitrogen and oxygen atoms in total. The maximum Gasteiger partial charge on any atom is 0.118 e. The number of hydrogen-bond acceptors (Lipinski definition) is 4. The summed E-state index contributed by atoms with van der Waals surface area (Å²) in [6, 6.07) is 8.40. The Bertz CT molecular complexity index is 450. The third kappa shape index (κ3) is 3.98. The molecule has 0 aliphatic rings. The highest BCUT2D eigenvalue weighted by molar-refractivity contribution is 7.09. The van der Waals surface area contributed by atoms with Gasteiger partial charge in [0.25, 0.3) is 0 Å². The van der Waals surface area contributed by atoms with E-state index in [1.807, 2.05) is 24.5 Å². The molecule has 0 aromatic carbocycles. The molecule has 1 N–H and O–H groups in total. The van der Waals surface area contributed by atoms with Crippen molar-refractivity contribution in [1.82, 2.24) is 10.2 Å². The summed E-state index contributed by atoms with van der Waals surface area (Å²) < 4.78 is 5.73. The van der Waals surface area contributed by atoms with Crippen LogP contribution < -0.4 is 5.32 Å². The van der Waals surface area contributed by atoms with Crippen molar-refractivity contribution in [2.45, 2.75) is 19.5 Å². The summed E-state index contributed by atoms with van der Waals surface area (Å²) in [5.74, 6) is 2.04. The summed E-state index contributed by atoms with van der Waals surface area (Å²) in [4.78, 5) is 3.74. The van der Waals surface area contributed by atoms with E-state index in [2.05, 4.69) is 40.8 Å². The minimum Gasteiger partial charge on any atom is -0.463 e. The minimum absolute atomic E-state index is 0.791. The van der Waals surface area contributed by atoms with Crippen molar-refractivity contribution < 1.29 is 4.42 Å². The van der Waals surface area contributed by atoms with Crippen LogP contribution in [0.5, 0.6) is 0 Å². The van der Waals surface area contributed by atoms with Crippen LogP contribution in [0.2, 0.25) is 0 Å². The van der Waals surface area contributed by atoms with E-state index in [1.165, 1.54) is 4.88 Å². The van der Waals surface area contributed by atoms with Gasteiger partial charge in [-0.2, -0.15) is 0 Å². The molecule has 0 saturated carbocycles. The first-order valence-electron chi connectivity index (χ1n) is 6.21. The van der Waals surface area contributed by atoms with Crippen LogP contribution in [0.4, 0.5) is 0 Å². The average molecular weight is 264 g/mol. The van der Waals surface area contributed by atoms with Gasteiger partial charge in [0.2, 0.25) is 0 Å². The van der Waals surface area contributed by atoms with Crippen molar-refractivity contribution in [2.24, 2.45) is 0 Å². The molecule has 0 spiro atoms. The minimum atomic E-state index is 0.791. The summed E-state index contributed by atoms with van der Waals surface area (Å²) in [5, 5.41) is 5.22. The van der Waals surface area contributed by atoms with Crippen LogP contribution >= 0.6 is 11.3 Å². The lowest BCUT2D eigenvalue weighted by Gasteiger charge is -2.14. The Morgan fingerprint density at radius 2 is 2.11 bits per heavy atom. The van der Waals surface area contributed by atoms with Gasteiger partial charge in [-0.25, -0.2) is 0 Å². The number of nitrogens with one attached hydrogen (secondary N) is 1. The standard InChI is InChI=1S/C14H20N2OS/c1-15-10-12-5-6-13(17-12)11-16(2)8-7-14-4-3-9-18-14/h3-6,9,15H,7-8,10-11H2,1-2H3. The van der Waals surface area contributed by atoms with Gasteiger partial charge in [-0.15, -0.1) is 11.3 Å². The Labute approximate surface area is 112 Å². The molecule has 0 saturated heterocycles. The maximum atomic E-state index is 5.73. The first kappa shape index (κ1) is 13.3. The maximum absolute atomic E-state index is 5.73. The van der Waals surface area contributed by atoms with E-state index in [4.69, 9.17) is 4.42 Å². The largest absolute Gasteiger partial charge is 0.463 e. The van der Waals surface area contributed by atoms with Gasteiger partial charge < -0.3 is 9.73 Å². The molecule has 18 heavy (non-hydrogen) atoms. The first-order chi connectivity index (χ1) is 8.78. The summed E-state index contributed by atoms with van der Waals surface area (Å²) in [6.45, 7) is 2.72. The van der Waals surface area contributed by atoms with E-state index >= 15 is 0 Å². The van der Waals surface area contributed by atoms with Crippen molar-refractivity contribution in [2.75, 3.05) is 20.6 Å². The molecule has 98 valence electrons. The molecule has 2 aromatic heterocycles. The van der Waals surface area contributed by atoms with Crippen molar-refractivity contribution in [3.05, 3.63) is 46.0 Å². The van der Waals surface area contributed by atoms with E-state index in [0.29, 0.717) is 0 Å². The molecular weight excluding hydrogens is 244 g/mol. The van der Waals surface area contributed by atoms with Crippen LogP contribution in [0.3, 0.4) is 0 Å². The zero-order valence-corrected chi connectivity index (χ0v) is 11.8. The molecule has 2 heterocycles. The number of hydrogen-bond donors (Lipinski definition) is 1. The van der Waals surface area contributed by atoms with E-state index in [0.717, 1.165) is 37.6 Å². The van der Waals surface area contributed by atoms with Gasteiger partial charge in [-0.3, -0.25) is 4.90 Å². The highest BCUT2D eigenvalue weighted by atomic mass is 32.1. The van der Waals surface area contributed by atoms with Crippen molar-refractivity contribution in [3.8, 4) is 0 Å².